The lowest BCUT2D eigenvalue weighted by atomic mass is 10.1. The van der Waals surface area contributed by atoms with E-state index in [4.69, 9.17) is 10.2 Å². The van der Waals surface area contributed by atoms with Crippen molar-refractivity contribution in [3.63, 3.8) is 0 Å². The third-order valence-corrected chi connectivity index (χ3v) is 2.37. The summed E-state index contributed by atoms with van der Waals surface area (Å²) >= 11 is 0. The van der Waals surface area contributed by atoms with Gasteiger partial charge in [-0.1, -0.05) is 12.1 Å². The van der Waals surface area contributed by atoms with Gasteiger partial charge in [0.1, 0.15) is 11.9 Å². The SMILES string of the molecule is O=C(O)CCC(NC(=O)c1ccccc1F)C(=O)O. The molecule has 1 aromatic rings. The Kier molecular flexibility index (Phi) is 4.99. The lowest BCUT2D eigenvalue weighted by Gasteiger charge is -2.13. The van der Waals surface area contributed by atoms with E-state index in [0.717, 1.165) is 6.07 Å². The Bertz CT molecular complexity index is 503. The minimum absolute atomic E-state index is 0.273. The molecule has 0 saturated heterocycles. The van der Waals surface area contributed by atoms with Crippen molar-refractivity contribution in [2.75, 3.05) is 0 Å². The molecule has 0 aliphatic heterocycles. The molecule has 0 heterocycles. The highest BCUT2D eigenvalue weighted by atomic mass is 19.1. The number of carbonyl (C=O) groups excluding carboxylic acids is 1. The molecule has 0 saturated carbocycles. The second-order valence-corrected chi connectivity index (χ2v) is 3.78. The molecule has 3 N–H and O–H groups in total. The number of carboxylic acids is 2. The highest BCUT2D eigenvalue weighted by Crippen LogP contribution is 2.07. The quantitative estimate of drug-likeness (QED) is 0.711. The Morgan fingerprint density at radius 1 is 1.21 bits per heavy atom. The highest BCUT2D eigenvalue weighted by molar-refractivity contribution is 5.96. The van der Waals surface area contributed by atoms with E-state index in [-0.39, 0.29) is 12.0 Å². The van der Waals surface area contributed by atoms with Crippen molar-refractivity contribution in [1.82, 2.24) is 5.32 Å². The predicted molar refractivity (Wildman–Crippen MR) is 62.2 cm³/mol. The number of rotatable bonds is 6. The van der Waals surface area contributed by atoms with Gasteiger partial charge in [-0.15, -0.1) is 0 Å². The fraction of sp³-hybridized carbons (Fsp3) is 0.250. The van der Waals surface area contributed by atoms with Crippen molar-refractivity contribution >= 4 is 17.8 Å². The molecule has 1 aromatic carbocycles. The van der Waals surface area contributed by atoms with Crippen LogP contribution in [0, 0.1) is 5.82 Å². The van der Waals surface area contributed by atoms with Crippen molar-refractivity contribution in [2.45, 2.75) is 18.9 Å². The van der Waals surface area contributed by atoms with Crippen LogP contribution in [0.15, 0.2) is 24.3 Å². The summed E-state index contributed by atoms with van der Waals surface area (Å²) in [6.07, 6.45) is -0.681. The molecule has 1 atom stereocenters. The van der Waals surface area contributed by atoms with Crippen molar-refractivity contribution < 1.29 is 29.0 Å². The van der Waals surface area contributed by atoms with Crippen LogP contribution in [0.3, 0.4) is 0 Å². The lowest BCUT2D eigenvalue weighted by Crippen LogP contribution is -2.41. The van der Waals surface area contributed by atoms with Gasteiger partial charge in [-0.3, -0.25) is 9.59 Å². The van der Waals surface area contributed by atoms with Crippen molar-refractivity contribution in [2.24, 2.45) is 0 Å². The molecule has 0 aliphatic rings. The van der Waals surface area contributed by atoms with Crippen molar-refractivity contribution in [3.05, 3.63) is 35.6 Å². The van der Waals surface area contributed by atoms with E-state index in [1.165, 1.54) is 18.2 Å². The van der Waals surface area contributed by atoms with Crippen molar-refractivity contribution in [3.8, 4) is 0 Å². The largest absolute Gasteiger partial charge is 0.481 e. The fourth-order valence-electron chi connectivity index (χ4n) is 1.41. The molecule has 0 bridgehead atoms. The number of nitrogens with one attached hydrogen (secondary N) is 1. The molecular weight excluding hydrogens is 257 g/mol. The number of carboxylic acid groups (broad SMARTS) is 2. The van der Waals surface area contributed by atoms with E-state index in [1.807, 2.05) is 0 Å². The summed E-state index contributed by atoms with van der Waals surface area (Å²) < 4.78 is 13.3. The number of aliphatic carboxylic acids is 2. The number of benzene rings is 1. The predicted octanol–water partition coefficient (Wildman–Crippen LogP) is 0.873. The van der Waals surface area contributed by atoms with E-state index in [0.29, 0.717) is 0 Å². The molecular formula is C12H12FNO5. The smallest absolute Gasteiger partial charge is 0.326 e. The van der Waals surface area contributed by atoms with Gasteiger partial charge in [0.2, 0.25) is 0 Å². The van der Waals surface area contributed by atoms with Gasteiger partial charge in [-0.2, -0.15) is 0 Å². The van der Waals surface area contributed by atoms with Crippen LogP contribution in [0.2, 0.25) is 0 Å². The summed E-state index contributed by atoms with van der Waals surface area (Å²) in [4.78, 5) is 32.9. The molecule has 1 rings (SSSR count). The normalized spacial score (nSPS) is 11.6. The molecule has 6 nitrogen and oxygen atoms in total. The van der Waals surface area contributed by atoms with Crippen LogP contribution >= 0.6 is 0 Å². The van der Waals surface area contributed by atoms with Gasteiger partial charge in [-0.05, 0) is 18.6 Å². The standard InChI is InChI=1S/C12H12FNO5/c13-8-4-2-1-3-7(8)11(17)14-9(12(18)19)5-6-10(15)16/h1-4,9H,5-6H2,(H,14,17)(H,15,16)(H,18,19). The van der Waals surface area contributed by atoms with E-state index >= 15 is 0 Å². The van der Waals surface area contributed by atoms with Crippen LogP contribution < -0.4 is 5.32 Å². The highest BCUT2D eigenvalue weighted by Gasteiger charge is 2.22. The van der Waals surface area contributed by atoms with Gasteiger partial charge in [-0.25, -0.2) is 9.18 Å². The second kappa shape index (κ2) is 6.48. The first kappa shape index (κ1) is 14.6. The zero-order valence-electron chi connectivity index (χ0n) is 9.80. The number of hydrogen-bond donors (Lipinski definition) is 3. The summed E-state index contributed by atoms with van der Waals surface area (Å²) in [5.41, 5.74) is -0.288. The number of hydrogen-bond acceptors (Lipinski definition) is 3. The molecule has 19 heavy (non-hydrogen) atoms. The van der Waals surface area contributed by atoms with Gasteiger partial charge in [0.05, 0.1) is 5.56 Å². The first-order chi connectivity index (χ1) is 8.91. The Labute approximate surface area is 107 Å². The van der Waals surface area contributed by atoms with Gasteiger partial charge in [0.15, 0.2) is 0 Å². The maximum Gasteiger partial charge on any atom is 0.326 e. The van der Waals surface area contributed by atoms with E-state index in [2.05, 4.69) is 5.32 Å². The molecule has 102 valence electrons. The number of amides is 1. The first-order valence-electron chi connectivity index (χ1n) is 5.42. The molecule has 0 fully saturated rings. The number of halogens is 1. The average molecular weight is 269 g/mol. The maximum atomic E-state index is 13.3. The topological polar surface area (TPSA) is 104 Å². The zero-order chi connectivity index (χ0) is 14.4. The van der Waals surface area contributed by atoms with Crippen LogP contribution in [0.1, 0.15) is 23.2 Å². The Balaban J connectivity index is 2.74. The van der Waals surface area contributed by atoms with Crippen LogP contribution in [0.5, 0.6) is 0 Å². The van der Waals surface area contributed by atoms with Crippen LogP contribution in [-0.2, 0) is 9.59 Å². The van der Waals surface area contributed by atoms with Gasteiger partial charge in [0, 0.05) is 6.42 Å². The molecule has 0 radical (unpaired) electrons. The van der Waals surface area contributed by atoms with Crippen molar-refractivity contribution in [1.29, 1.82) is 0 Å². The minimum atomic E-state index is -1.37. The van der Waals surface area contributed by atoms with E-state index < -0.39 is 36.1 Å². The van der Waals surface area contributed by atoms with Crippen LogP contribution in [-0.4, -0.2) is 34.1 Å². The summed E-state index contributed by atoms with van der Waals surface area (Å²) in [6, 6.07) is 3.74. The maximum absolute atomic E-state index is 13.3. The minimum Gasteiger partial charge on any atom is -0.481 e. The molecule has 7 heteroatoms. The van der Waals surface area contributed by atoms with Gasteiger partial charge < -0.3 is 15.5 Å². The Hall–Kier alpha value is -2.44. The summed E-state index contributed by atoms with van der Waals surface area (Å²) in [7, 11) is 0. The van der Waals surface area contributed by atoms with E-state index in [1.54, 1.807) is 0 Å². The lowest BCUT2D eigenvalue weighted by molar-refractivity contribution is -0.140. The summed E-state index contributed by atoms with van der Waals surface area (Å²) in [5, 5.41) is 19.4. The average Bonchev–Trinajstić information content (AvgIpc) is 2.34. The van der Waals surface area contributed by atoms with Crippen LogP contribution in [0.25, 0.3) is 0 Å². The monoisotopic (exact) mass is 269 g/mol. The number of carbonyl (C=O) groups is 3. The second-order valence-electron chi connectivity index (χ2n) is 3.78. The van der Waals surface area contributed by atoms with E-state index in [9.17, 15) is 18.8 Å². The molecule has 0 spiro atoms. The molecule has 0 aliphatic carbocycles. The molecule has 1 amide bonds. The van der Waals surface area contributed by atoms with Crippen LogP contribution in [0.4, 0.5) is 4.39 Å². The Morgan fingerprint density at radius 2 is 1.84 bits per heavy atom. The first-order valence-corrected chi connectivity index (χ1v) is 5.42. The fourth-order valence-corrected chi connectivity index (χ4v) is 1.41. The third kappa shape index (κ3) is 4.38. The summed E-state index contributed by atoms with van der Waals surface area (Å²) in [6.45, 7) is 0. The third-order valence-electron chi connectivity index (χ3n) is 2.37. The van der Waals surface area contributed by atoms with Gasteiger partial charge >= 0.3 is 11.9 Å². The summed E-state index contributed by atoms with van der Waals surface area (Å²) in [5.74, 6) is -4.21. The Morgan fingerprint density at radius 3 is 2.37 bits per heavy atom. The zero-order valence-corrected chi connectivity index (χ0v) is 9.80. The molecule has 0 aromatic heterocycles. The van der Waals surface area contributed by atoms with Gasteiger partial charge in [0.25, 0.3) is 5.91 Å². The molecule has 1 unspecified atom stereocenters.